The lowest BCUT2D eigenvalue weighted by molar-refractivity contribution is 0.0696. The Balaban J connectivity index is 3.34. The molecule has 1 aromatic carbocycles. The van der Waals surface area contributed by atoms with Gasteiger partial charge in [0.2, 0.25) is 10.0 Å². The smallest absolute Gasteiger partial charge is 0.335 e. The maximum atomic E-state index is 12.2. The fourth-order valence-corrected chi connectivity index (χ4v) is 2.87. The number of hydrogen-bond donors (Lipinski definition) is 3. The molecule has 0 saturated heterocycles. The van der Waals surface area contributed by atoms with Crippen LogP contribution in [0.1, 0.15) is 37.6 Å². The van der Waals surface area contributed by atoms with Crippen LogP contribution in [0.2, 0.25) is 0 Å². The summed E-state index contributed by atoms with van der Waals surface area (Å²) < 4.78 is 26.7. The second-order valence-corrected chi connectivity index (χ2v) is 6.21. The number of aromatic carboxylic acids is 1. The summed E-state index contributed by atoms with van der Waals surface area (Å²) in [6, 6.07) is 4.13. The Morgan fingerprint density at radius 2 is 2.00 bits per heavy atom. The third-order valence-corrected chi connectivity index (χ3v) is 4.45. The zero-order chi connectivity index (χ0) is 15.3. The summed E-state index contributed by atoms with van der Waals surface area (Å²) >= 11 is 0. The number of carboxylic acid groups (broad SMARTS) is 1. The van der Waals surface area contributed by atoms with E-state index in [1.165, 1.54) is 18.2 Å². The molecule has 7 heteroatoms. The lowest BCUT2D eigenvalue weighted by atomic mass is 10.2. The van der Waals surface area contributed by atoms with Gasteiger partial charge < -0.3 is 10.4 Å². The monoisotopic (exact) mass is 300 g/mol. The molecule has 0 aliphatic carbocycles. The van der Waals surface area contributed by atoms with Gasteiger partial charge in [0.05, 0.1) is 11.3 Å². The van der Waals surface area contributed by atoms with Gasteiger partial charge in [0.25, 0.3) is 0 Å². The number of sulfonamides is 1. The van der Waals surface area contributed by atoms with Crippen LogP contribution in [0.15, 0.2) is 23.1 Å². The molecule has 0 aliphatic heterocycles. The Bertz CT molecular complexity index is 584. The first-order valence-corrected chi connectivity index (χ1v) is 7.93. The molecule has 0 heterocycles. The molecule has 20 heavy (non-hydrogen) atoms. The first-order valence-electron chi connectivity index (χ1n) is 6.45. The van der Waals surface area contributed by atoms with E-state index in [-0.39, 0.29) is 23.0 Å². The zero-order valence-electron chi connectivity index (χ0n) is 11.8. The topological polar surface area (TPSA) is 95.5 Å². The Labute approximate surface area is 119 Å². The minimum Gasteiger partial charge on any atom is -0.478 e. The largest absolute Gasteiger partial charge is 0.478 e. The van der Waals surface area contributed by atoms with Crippen molar-refractivity contribution in [2.24, 2.45) is 0 Å². The Morgan fingerprint density at radius 1 is 1.35 bits per heavy atom. The first kappa shape index (κ1) is 16.5. The van der Waals surface area contributed by atoms with E-state index < -0.39 is 16.0 Å². The summed E-state index contributed by atoms with van der Waals surface area (Å²) in [4.78, 5) is 10.9. The van der Waals surface area contributed by atoms with E-state index in [1.54, 1.807) is 6.92 Å². The van der Waals surface area contributed by atoms with Crippen molar-refractivity contribution in [2.45, 2.75) is 38.1 Å². The predicted molar refractivity (Wildman–Crippen MR) is 77.6 cm³/mol. The fraction of sp³-hybridized carbons (Fsp3) is 0.462. The summed E-state index contributed by atoms with van der Waals surface area (Å²) in [6.07, 6.45) is 0.821. The van der Waals surface area contributed by atoms with E-state index in [4.69, 9.17) is 5.11 Å². The number of carbonyl (C=O) groups is 1. The van der Waals surface area contributed by atoms with Gasteiger partial charge in [-0.3, -0.25) is 0 Å². The number of hydrogen-bond acceptors (Lipinski definition) is 4. The van der Waals surface area contributed by atoms with Gasteiger partial charge in [-0.05, 0) is 31.5 Å². The molecular formula is C13H20N2O4S. The molecule has 0 radical (unpaired) electrons. The normalized spacial score (nSPS) is 12.9. The lowest BCUT2D eigenvalue weighted by Gasteiger charge is -2.17. The molecule has 0 fully saturated rings. The molecule has 0 saturated carbocycles. The van der Waals surface area contributed by atoms with Crippen molar-refractivity contribution in [1.29, 1.82) is 0 Å². The Kier molecular flexibility index (Phi) is 5.52. The van der Waals surface area contributed by atoms with Crippen molar-refractivity contribution in [1.82, 2.24) is 4.72 Å². The maximum absolute atomic E-state index is 12.2. The maximum Gasteiger partial charge on any atom is 0.335 e. The number of anilines is 1. The second kappa shape index (κ2) is 6.71. The van der Waals surface area contributed by atoms with Crippen LogP contribution in [0.3, 0.4) is 0 Å². The summed E-state index contributed by atoms with van der Waals surface area (Å²) in [5.41, 5.74) is 0.349. The highest BCUT2D eigenvalue weighted by Crippen LogP contribution is 2.24. The second-order valence-electron chi connectivity index (χ2n) is 4.47. The highest BCUT2D eigenvalue weighted by molar-refractivity contribution is 7.89. The van der Waals surface area contributed by atoms with Crippen LogP contribution in [-0.4, -0.2) is 32.1 Å². The third kappa shape index (κ3) is 3.94. The summed E-state index contributed by atoms with van der Waals surface area (Å²) in [7, 11) is -3.73. The van der Waals surface area contributed by atoms with Gasteiger partial charge in [0.15, 0.2) is 0 Å². The fourth-order valence-electron chi connectivity index (χ4n) is 1.63. The molecule has 1 rings (SSSR count). The van der Waals surface area contributed by atoms with Crippen molar-refractivity contribution < 1.29 is 18.3 Å². The highest BCUT2D eigenvalue weighted by atomic mass is 32.2. The molecule has 0 bridgehead atoms. The van der Waals surface area contributed by atoms with Crippen LogP contribution in [-0.2, 0) is 10.0 Å². The van der Waals surface area contributed by atoms with Gasteiger partial charge in [-0.2, -0.15) is 0 Å². The zero-order valence-corrected chi connectivity index (χ0v) is 12.6. The van der Waals surface area contributed by atoms with Gasteiger partial charge in [0.1, 0.15) is 4.90 Å². The lowest BCUT2D eigenvalue weighted by Crippen LogP contribution is -2.25. The van der Waals surface area contributed by atoms with E-state index in [9.17, 15) is 13.2 Å². The number of carboxylic acids is 1. The number of rotatable bonds is 7. The van der Waals surface area contributed by atoms with Gasteiger partial charge >= 0.3 is 5.97 Å². The van der Waals surface area contributed by atoms with Gasteiger partial charge in [0, 0.05) is 12.6 Å². The van der Waals surface area contributed by atoms with Gasteiger partial charge in [-0.1, -0.05) is 13.8 Å². The van der Waals surface area contributed by atoms with Crippen molar-refractivity contribution in [3.8, 4) is 0 Å². The first-order chi connectivity index (χ1) is 9.31. The molecule has 112 valence electrons. The van der Waals surface area contributed by atoms with Crippen molar-refractivity contribution in [3.05, 3.63) is 23.8 Å². The molecule has 0 amide bonds. The molecule has 1 atom stereocenters. The molecule has 0 aromatic heterocycles. The van der Waals surface area contributed by atoms with Crippen LogP contribution in [0.4, 0.5) is 5.69 Å². The molecule has 6 nitrogen and oxygen atoms in total. The van der Waals surface area contributed by atoms with Crippen LogP contribution in [0.5, 0.6) is 0 Å². The van der Waals surface area contributed by atoms with E-state index in [0.717, 1.165) is 6.42 Å². The Hall–Kier alpha value is -1.60. The Morgan fingerprint density at radius 3 is 2.50 bits per heavy atom. The predicted octanol–water partition coefficient (Wildman–Crippen LogP) is 1.89. The van der Waals surface area contributed by atoms with E-state index >= 15 is 0 Å². The summed E-state index contributed by atoms with van der Waals surface area (Å²) in [5, 5.41) is 12.1. The van der Waals surface area contributed by atoms with Gasteiger partial charge in [-0.15, -0.1) is 0 Å². The quantitative estimate of drug-likeness (QED) is 0.714. The molecule has 0 spiro atoms. The third-order valence-electron chi connectivity index (χ3n) is 2.87. The average Bonchev–Trinajstić information content (AvgIpc) is 2.38. The van der Waals surface area contributed by atoms with E-state index in [1.807, 2.05) is 13.8 Å². The minimum atomic E-state index is -3.73. The van der Waals surface area contributed by atoms with Gasteiger partial charge in [-0.25, -0.2) is 17.9 Å². The van der Waals surface area contributed by atoms with E-state index in [0.29, 0.717) is 5.69 Å². The van der Waals surface area contributed by atoms with Crippen LogP contribution in [0.25, 0.3) is 0 Å². The van der Waals surface area contributed by atoms with E-state index in [2.05, 4.69) is 10.0 Å². The van der Waals surface area contributed by atoms with Crippen molar-refractivity contribution in [3.63, 3.8) is 0 Å². The van der Waals surface area contributed by atoms with Crippen LogP contribution < -0.4 is 10.0 Å². The summed E-state index contributed by atoms with van der Waals surface area (Å²) in [5.74, 6) is -1.16. The number of nitrogens with one attached hydrogen (secondary N) is 2. The number of benzene rings is 1. The molecule has 0 aliphatic rings. The van der Waals surface area contributed by atoms with Crippen molar-refractivity contribution >= 4 is 21.7 Å². The molecular weight excluding hydrogens is 280 g/mol. The highest BCUT2D eigenvalue weighted by Gasteiger charge is 2.20. The molecule has 1 aromatic rings. The average molecular weight is 300 g/mol. The minimum absolute atomic E-state index is 0.0421. The molecule has 0 unspecified atom stereocenters. The SMILES string of the molecule is CCNS(=O)(=O)c1cc(C(=O)O)ccc1N[C@@H](C)CC. The molecule has 3 N–H and O–H groups in total. The van der Waals surface area contributed by atoms with Crippen LogP contribution in [0, 0.1) is 0 Å². The van der Waals surface area contributed by atoms with Crippen molar-refractivity contribution in [2.75, 3.05) is 11.9 Å². The standard InChI is InChI=1S/C13H20N2O4S/c1-4-9(3)15-11-7-6-10(13(16)17)8-12(11)20(18,19)14-5-2/h6-9,14-15H,4-5H2,1-3H3,(H,16,17)/t9-/m0/s1. The summed E-state index contributed by atoms with van der Waals surface area (Å²) in [6.45, 7) is 5.80. The van der Waals surface area contributed by atoms with Crippen LogP contribution >= 0.6 is 0 Å².